The van der Waals surface area contributed by atoms with Crippen molar-refractivity contribution in [2.45, 2.75) is 52.6 Å². The van der Waals surface area contributed by atoms with E-state index in [0.29, 0.717) is 5.92 Å². The van der Waals surface area contributed by atoms with Crippen molar-refractivity contribution < 1.29 is 0 Å². The smallest absolute Gasteiger partial charge is 0.155 e. The molecule has 0 saturated carbocycles. The first-order chi connectivity index (χ1) is 12.2. The van der Waals surface area contributed by atoms with Crippen LogP contribution in [0.1, 0.15) is 51.3 Å². The van der Waals surface area contributed by atoms with Gasteiger partial charge in [-0.1, -0.05) is 20.8 Å². The normalized spacial score (nSPS) is 17.9. The van der Waals surface area contributed by atoms with Gasteiger partial charge in [0, 0.05) is 19.5 Å². The van der Waals surface area contributed by atoms with Gasteiger partial charge in [-0.05, 0) is 30.2 Å². The summed E-state index contributed by atoms with van der Waals surface area (Å²) in [5.41, 5.74) is 0. The van der Waals surface area contributed by atoms with Crippen molar-refractivity contribution in [1.29, 1.82) is 0 Å². The van der Waals surface area contributed by atoms with Crippen LogP contribution in [-0.4, -0.2) is 31.3 Å². The van der Waals surface area contributed by atoms with Crippen molar-refractivity contribution >= 4 is 27.4 Å². The van der Waals surface area contributed by atoms with E-state index in [-0.39, 0.29) is 6.04 Å². The molecule has 0 bridgehead atoms. The molecule has 1 atom stereocenters. The predicted molar refractivity (Wildman–Crippen MR) is 101 cm³/mol. The summed E-state index contributed by atoms with van der Waals surface area (Å²) in [6, 6.07) is 2.38. The zero-order valence-corrected chi connectivity index (χ0v) is 15.8. The molecule has 25 heavy (non-hydrogen) atoms. The second kappa shape index (κ2) is 6.71. The van der Waals surface area contributed by atoms with Gasteiger partial charge in [-0.25, -0.2) is 9.97 Å². The lowest BCUT2D eigenvalue weighted by Crippen LogP contribution is -2.27. The van der Waals surface area contributed by atoms with Crippen molar-refractivity contribution in [2.75, 3.05) is 11.4 Å². The van der Waals surface area contributed by atoms with E-state index in [0.717, 1.165) is 60.0 Å². The van der Waals surface area contributed by atoms with Crippen LogP contribution in [0.15, 0.2) is 17.8 Å². The first-order valence-electron chi connectivity index (χ1n) is 9.05. The number of hydrogen-bond acceptors (Lipinski definition) is 6. The van der Waals surface area contributed by atoms with E-state index >= 15 is 0 Å². The number of rotatable bonds is 5. The van der Waals surface area contributed by atoms with Crippen LogP contribution in [0, 0.1) is 5.92 Å². The summed E-state index contributed by atoms with van der Waals surface area (Å²) in [5.74, 6) is 3.61. The number of hydrogen-bond donors (Lipinski definition) is 0. The molecule has 0 spiro atoms. The average molecular weight is 356 g/mol. The van der Waals surface area contributed by atoms with Crippen LogP contribution < -0.4 is 4.90 Å². The molecule has 132 valence electrons. The highest BCUT2D eigenvalue weighted by Crippen LogP contribution is 2.38. The third kappa shape index (κ3) is 3.01. The molecule has 7 heteroatoms. The first-order valence-corrected chi connectivity index (χ1v) is 9.93. The number of anilines is 1. The average Bonchev–Trinajstić information content (AvgIpc) is 3.32. The fourth-order valence-electron chi connectivity index (χ4n) is 3.60. The van der Waals surface area contributed by atoms with Crippen LogP contribution >= 0.6 is 11.3 Å². The van der Waals surface area contributed by atoms with E-state index in [1.807, 2.05) is 6.33 Å². The van der Waals surface area contributed by atoms with E-state index in [1.54, 1.807) is 11.3 Å². The topological polar surface area (TPSA) is 59.7 Å². The fourth-order valence-corrected chi connectivity index (χ4v) is 4.38. The Kier molecular flexibility index (Phi) is 4.41. The van der Waals surface area contributed by atoms with Crippen molar-refractivity contribution in [3.05, 3.63) is 29.4 Å². The zero-order chi connectivity index (χ0) is 17.4. The Labute approximate surface area is 151 Å². The Bertz CT molecular complexity index is 867. The molecule has 0 radical (unpaired) electrons. The SMILES string of the molecule is CCc1nc(N2CCCC2c2nncn2CC(C)C)c2ccsc2n1. The summed E-state index contributed by atoms with van der Waals surface area (Å²) in [5, 5.41) is 11.9. The highest BCUT2D eigenvalue weighted by Gasteiger charge is 2.32. The number of thiophene rings is 1. The van der Waals surface area contributed by atoms with Crippen LogP contribution in [0.3, 0.4) is 0 Å². The van der Waals surface area contributed by atoms with E-state index in [4.69, 9.17) is 4.98 Å². The molecule has 1 saturated heterocycles. The summed E-state index contributed by atoms with van der Waals surface area (Å²) in [6.45, 7) is 8.51. The largest absolute Gasteiger partial charge is 0.346 e. The summed E-state index contributed by atoms with van der Waals surface area (Å²) >= 11 is 1.69. The third-order valence-corrected chi connectivity index (χ3v) is 5.50. The molecule has 3 aromatic heterocycles. The standard InChI is InChI=1S/C18H24N6S/c1-4-15-20-16(13-7-9-25-18(13)21-15)24-8-5-6-14(24)17-22-19-11-23(17)10-12(2)3/h7,9,11-12,14H,4-6,8,10H2,1-3H3. The molecule has 0 aliphatic carbocycles. The molecule has 0 N–H and O–H groups in total. The third-order valence-electron chi connectivity index (χ3n) is 4.70. The minimum Gasteiger partial charge on any atom is -0.346 e. The summed E-state index contributed by atoms with van der Waals surface area (Å²) in [7, 11) is 0. The lowest BCUT2D eigenvalue weighted by atomic mass is 10.1. The quantitative estimate of drug-likeness (QED) is 0.695. The van der Waals surface area contributed by atoms with Gasteiger partial charge in [0.05, 0.1) is 11.4 Å². The maximum atomic E-state index is 4.89. The molecule has 1 aliphatic heterocycles. The minimum atomic E-state index is 0.240. The molecule has 1 aliphatic rings. The molecular formula is C18H24N6S. The van der Waals surface area contributed by atoms with Crippen molar-refractivity contribution in [2.24, 2.45) is 5.92 Å². The van der Waals surface area contributed by atoms with Gasteiger partial charge in [-0.3, -0.25) is 0 Å². The van der Waals surface area contributed by atoms with Gasteiger partial charge in [0.25, 0.3) is 0 Å². The van der Waals surface area contributed by atoms with Gasteiger partial charge >= 0.3 is 0 Å². The number of aryl methyl sites for hydroxylation is 1. The Balaban J connectivity index is 1.76. The second-order valence-electron chi connectivity index (χ2n) is 7.04. The maximum Gasteiger partial charge on any atom is 0.155 e. The Morgan fingerprint density at radius 3 is 3.00 bits per heavy atom. The highest BCUT2D eigenvalue weighted by molar-refractivity contribution is 7.16. The molecule has 4 heterocycles. The molecule has 1 unspecified atom stereocenters. The lowest BCUT2D eigenvalue weighted by molar-refractivity contribution is 0.487. The summed E-state index contributed by atoms with van der Waals surface area (Å²) < 4.78 is 2.21. The number of fused-ring (bicyclic) bond motifs is 1. The highest BCUT2D eigenvalue weighted by atomic mass is 32.1. The monoisotopic (exact) mass is 356 g/mol. The van der Waals surface area contributed by atoms with E-state index in [1.165, 1.54) is 0 Å². The van der Waals surface area contributed by atoms with Crippen LogP contribution in [-0.2, 0) is 13.0 Å². The van der Waals surface area contributed by atoms with Crippen LogP contribution in [0.4, 0.5) is 5.82 Å². The van der Waals surface area contributed by atoms with Crippen LogP contribution in [0.25, 0.3) is 10.2 Å². The first kappa shape index (κ1) is 16.4. The molecule has 3 aromatic rings. The fraction of sp³-hybridized carbons (Fsp3) is 0.556. The Hall–Kier alpha value is -2.02. The Morgan fingerprint density at radius 2 is 2.20 bits per heavy atom. The Morgan fingerprint density at radius 1 is 1.32 bits per heavy atom. The van der Waals surface area contributed by atoms with Crippen LogP contribution in [0.2, 0.25) is 0 Å². The number of nitrogens with zero attached hydrogens (tertiary/aromatic N) is 6. The molecule has 1 fully saturated rings. The van der Waals surface area contributed by atoms with Crippen LogP contribution in [0.5, 0.6) is 0 Å². The molecule has 6 nitrogen and oxygen atoms in total. The van der Waals surface area contributed by atoms with Crippen molar-refractivity contribution in [3.8, 4) is 0 Å². The second-order valence-corrected chi connectivity index (χ2v) is 7.94. The zero-order valence-electron chi connectivity index (χ0n) is 15.0. The van der Waals surface area contributed by atoms with Gasteiger partial charge in [-0.15, -0.1) is 21.5 Å². The lowest BCUT2D eigenvalue weighted by Gasteiger charge is -2.26. The minimum absolute atomic E-state index is 0.240. The van der Waals surface area contributed by atoms with Gasteiger partial charge < -0.3 is 9.47 Å². The molecule has 0 aromatic carbocycles. The van der Waals surface area contributed by atoms with Gasteiger partial charge in [0.2, 0.25) is 0 Å². The van der Waals surface area contributed by atoms with Gasteiger partial charge in [0.15, 0.2) is 5.82 Å². The predicted octanol–water partition coefficient (Wildman–Crippen LogP) is 3.84. The molecule has 0 amide bonds. The summed E-state index contributed by atoms with van der Waals surface area (Å²) in [4.78, 5) is 13.1. The molecular weight excluding hydrogens is 332 g/mol. The van der Waals surface area contributed by atoms with Gasteiger partial charge in [-0.2, -0.15) is 0 Å². The van der Waals surface area contributed by atoms with E-state index in [9.17, 15) is 0 Å². The number of aromatic nitrogens is 5. The summed E-state index contributed by atoms with van der Waals surface area (Å²) in [6.07, 6.45) is 4.95. The van der Waals surface area contributed by atoms with E-state index in [2.05, 4.69) is 56.9 Å². The van der Waals surface area contributed by atoms with Crippen molar-refractivity contribution in [1.82, 2.24) is 24.7 Å². The van der Waals surface area contributed by atoms with E-state index < -0.39 is 0 Å². The molecule has 4 rings (SSSR count). The van der Waals surface area contributed by atoms with Crippen molar-refractivity contribution in [3.63, 3.8) is 0 Å². The maximum absolute atomic E-state index is 4.89. The van der Waals surface area contributed by atoms with Gasteiger partial charge in [0.1, 0.15) is 22.8 Å².